The molecular weight excluding hydrogens is 374 g/mol. The largest absolute Gasteiger partial charge is 0.355 e. The minimum Gasteiger partial charge on any atom is -0.355 e. The van der Waals surface area contributed by atoms with E-state index in [0.29, 0.717) is 22.9 Å². The predicted molar refractivity (Wildman–Crippen MR) is 104 cm³/mol. The first-order valence-corrected chi connectivity index (χ1v) is 9.15. The minimum atomic E-state index is -0.391. The van der Waals surface area contributed by atoms with Gasteiger partial charge in [0.2, 0.25) is 0 Å². The molecule has 0 aliphatic carbocycles. The zero-order chi connectivity index (χ0) is 19.3. The molecule has 1 N–H and O–H groups in total. The van der Waals surface area contributed by atoms with E-state index in [0.717, 1.165) is 16.0 Å². The number of rotatable bonds is 5. The molecule has 0 aliphatic heterocycles. The maximum atomic E-state index is 12.4. The molecule has 4 aromatic rings. The molecule has 3 heterocycles. The highest BCUT2D eigenvalue weighted by Gasteiger charge is 2.15. The number of pyridine rings is 1. The van der Waals surface area contributed by atoms with Crippen molar-refractivity contribution in [1.82, 2.24) is 15.1 Å². The van der Waals surface area contributed by atoms with Gasteiger partial charge in [0.05, 0.1) is 11.6 Å². The maximum Gasteiger partial charge on any atom is 0.279 e. The third-order valence-electron chi connectivity index (χ3n) is 3.92. The lowest BCUT2D eigenvalue weighted by molar-refractivity contribution is 0.101. The number of aromatic nitrogens is 3. The second-order valence-corrected chi connectivity index (χ2v) is 7.00. The number of thiazole rings is 1. The van der Waals surface area contributed by atoms with Crippen LogP contribution in [-0.2, 0) is 6.42 Å². The average molecular weight is 387 g/mol. The first-order chi connectivity index (χ1) is 13.7. The van der Waals surface area contributed by atoms with E-state index in [1.165, 1.54) is 11.3 Å². The van der Waals surface area contributed by atoms with Gasteiger partial charge in [-0.2, -0.15) is 5.26 Å². The van der Waals surface area contributed by atoms with Crippen molar-refractivity contribution in [3.05, 3.63) is 82.8 Å². The third kappa shape index (κ3) is 3.95. The number of amides is 1. The molecule has 1 aromatic carbocycles. The number of nitrogens with zero attached hydrogens (tertiary/aromatic N) is 4. The van der Waals surface area contributed by atoms with Crippen LogP contribution in [0.3, 0.4) is 0 Å². The Labute approximate surface area is 164 Å². The van der Waals surface area contributed by atoms with Gasteiger partial charge in [-0.1, -0.05) is 17.3 Å². The zero-order valence-electron chi connectivity index (χ0n) is 14.5. The van der Waals surface area contributed by atoms with Gasteiger partial charge in [-0.05, 0) is 29.8 Å². The molecule has 4 rings (SSSR count). The Morgan fingerprint density at radius 2 is 2.07 bits per heavy atom. The van der Waals surface area contributed by atoms with E-state index in [1.807, 2.05) is 18.2 Å². The van der Waals surface area contributed by atoms with Crippen LogP contribution in [0.2, 0.25) is 0 Å². The number of benzene rings is 1. The van der Waals surface area contributed by atoms with Gasteiger partial charge in [-0.25, -0.2) is 4.98 Å². The lowest BCUT2D eigenvalue weighted by atomic mass is 10.1. The van der Waals surface area contributed by atoms with Crippen molar-refractivity contribution >= 4 is 22.4 Å². The number of hydrogen-bond donors (Lipinski definition) is 1. The smallest absolute Gasteiger partial charge is 0.279 e. The summed E-state index contributed by atoms with van der Waals surface area (Å²) in [6.07, 6.45) is 5.70. The normalized spacial score (nSPS) is 10.4. The van der Waals surface area contributed by atoms with E-state index < -0.39 is 5.91 Å². The number of nitrogens with one attached hydrogen (secondary N) is 1. The summed E-state index contributed by atoms with van der Waals surface area (Å²) in [4.78, 5) is 21.6. The molecule has 0 bridgehead atoms. The molecule has 3 aromatic heterocycles. The highest BCUT2D eigenvalue weighted by atomic mass is 32.1. The first kappa shape index (κ1) is 17.6. The Kier molecular flexibility index (Phi) is 4.91. The van der Waals surface area contributed by atoms with Crippen LogP contribution >= 0.6 is 11.3 Å². The van der Waals surface area contributed by atoms with Crippen molar-refractivity contribution < 1.29 is 9.32 Å². The van der Waals surface area contributed by atoms with Crippen molar-refractivity contribution in [1.29, 1.82) is 5.26 Å². The number of hydrogen-bond acceptors (Lipinski definition) is 7. The summed E-state index contributed by atoms with van der Waals surface area (Å²) in [5.41, 5.74) is 2.60. The first-order valence-electron chi connectivity index (χ1n) is 8.33. The van der Waals surface area contributed by atoms with Gasteiger partial charge in [-0.3, -0.25) is 15.1 Å². The maximum absolute atomic E-state index is 12.4. The molecule has 0 atom stereocenters. The lowest BCUT2D eigenvalue weighted by Gasteiger charge is -1.98. The Hall–Kier alpha value is -3.83. The molecule has 0 aliphatic rings. The molecule has 0 saturated heterocycles. The Morgan fingerprint density at radius 3 is 2.82 bits per heavy atom. The zero-order valence-corrected chi connectivity index (χ0v) is 15.3. The molecule has 1 amide bonds. The summed E-state index contributed by atoms with van der Waals surface area (Å²) in [6.45, 7) is 0. The van der Waals surface area contributed by atoms with Crippen LogP contribution in [0.5, 0.6) is 0 Å². The Balaban J connectivity index is 1.41. The number of anilines is 1. The van der Waals surface area contributed by atoms with Gasteiger partial charge in [0.1, 0.15) is 0 Å². The van der Waals surface area contributed by atoms with E-state index in [-0.39, 0.29) is 5.69 Å². The summed E-state index contributed by atoms with van der Waals surface area (Å²) in [7, 11) is 0. The molecule has 0 spiro atoms. The van der Waals surface area contributed by atoms with Gasteiger partial charge in [0.25, 0.3) is 5.91 Å². The van der Waals surface area contributed by atoms with Crippen molar-refractivity contribution in [2.45, 2.75) is 6.42 Å². The molecular formula is C20H13N5O2S. The fourth-order valence-corrected chi connectivity index (χ4v) is 3.38. The van der Waals surface area contributed by atoms with Gasteiger partial charge in [0, 0.05) is 41.5 Å². The summed E-state index contributed by atoms with van der Waals surface area (Å²) >= 11 is 1.39. The van der Waals surface area contributed by atoms with Crippen molar-refractivity contribution in [3.8, 4) is 17.4 Å². The van der Waals surface area contributed by atoms with Gasteiger partial charge < -0.3 is 4.52 Å². The molecule has 0 radical (unpaired) electrons. The van der Waals surface area contributed by atoms with Crippen LogP contribution in [0, 0.1) is 11.3 Å². The number of carbonyl (C=O) groups is 1. The van der Waals surface area contributed by atoms with E-state index in [4.69, 9.17) is 9.78 Å². The van der Waals surface area contributed by atoms with Crippen LogP contribution in [-0.4, -0.2) is 21.0 Å². The molecule has 8 heteroatoms. The van der Waals surface area contributed by atoms with Crippen molar-refractivity contribution in [2.24, 2.45) is 0 Å². The number of nitriles is 1. The standard InChI is InChI=1S/C20H13N5O2S/c21-10-14-5-3-13(4-6-14)8-16-12-23-20(28-16)24-19(26)17-9-18(27-25-17)15-2-1-7-22-11-15/h1-7,9,11-12H,8H2,(H,23,24,26). The molecule has 136 valence electrons. The van der Waals surface area contributed by atoms with E-state index >= 15 is 0 Å². The fourth-order valence-electron chi connectivity index (χ4n) is 2.53. The molecule has 0 fully saturated rings. The second kappa shape index (κ2) is 7.82. The number of carbonyl (C=O) groups excluding carboxylic acids is 1. The Bertz CT molecular complexity index is 1140. The van der Waals surface area contributed by atoms with Crippen molar-refractivity contribution in [3.63, 3.8) is 0 Å². The highest BCUT2D eigenvalue weighted by Crippen LogP contribution is 2.23. The minimum absolute atomic E-state index is 0.169. The van der Waals surface area contributed by atoms with Crippen LogP contribution in [0.4, 0.5) is 5.13 Å². The summed E-state index contributed by atoms with van der Waals surface area (Å²) in [6, 6.07) is 14.6. The molecule has 0 saturated carbocycles. The summed E-state index contributed by atoms with van der Waals surface area (Å²) < 4.78 is 5.22. The monoisotopic (exact) mass is 387 g/mol. The van der Waals surface area contributed by atoms with E-state index in [2.05, 4.69) is 26.5 Å². The topological polar surface area (TPSA) is 105 Å². The second-order valence-electron chi connectivity index (χ2n) is 5.89. The third-order valence-corrected chi connectivity index (χ3v) is 4.84. The fraction of sp³-hybridized carbons (Fsp3) is 0.0500. The quantitative estimate of drug-likeness (QED) is 0.557. The van der Waals surface area contributed by atoms with Gasteiger partial charge in [-0.15, -0.1) is 11.3 Å². The van der Waals surface area contributed by atoms with Crippen LogP contribution < -0.4 is 5.32 Å². The van der Waals surface area contributed by atoms with Gasteiger partial charge >= 0.3 is 0 Å². The van der Waals surface area contributed by atoms with E-state index in [9.17, 15) is 4.79 Å². The molecule has 0 unspecified atom stereocenters. The molecule has 7 nitrogen and oxygen atoms in total. The Morgan fingerprint density at radius 1 is 1.21 bits per heavy atom. The SMILES string of the molecule is N#Cc1ccc(Cc2cnc(NC(=O)c3cc(-c4cccnc4)on3)s2)cc1. The summed E-state index contributed by atoms with van der Waals surface area (Å²) in [5.74, 6) is 0.0806. The van der Waals surface area contributed by atoms with Crippen LogP contribution in [0.15, 0.2) is 65.6 Å². The summed E-state index contributed by atoms with van der Waals surface area (Å²) in [5, 5.41) is 15.9. The predicted octanol–water partition coefficient (Wildman–Crippen LogP) is 3.91. The van der Waals surface area contributed by atoms with E-state index in [1.54, 1.807) is 42.9 Å². The van der Waals surface area contributed by atoms with Crippen molar-refractivity contribution in [2.75, 3.05) is 5.32 Å². The molecule has 28 heavy (non-hydrogen) atoms. The highest BCUT2D eigenvalue weighted by molar-refractivity contribution is 7.15. The lowest BCUT2D eigenvalue weighted by Crippen LogP contribution is -2.11. The van der Waals surface area contributed by atoms with Crippen LogP contribution in [0.25, 0.3) is 11.3 Å². The van der Waals surface area contributed by atoms with Crippen LogP contribution in [0.1, 0.15) is 26.5 Å². The van der Waals surface area contributed by atoms with Gasteiger partial charge in [0.15, 0.2) is 16.6 Å². The average Bonchev–Trinajstić information content (AvgIpc) is 3.39.